The van der Waals surface area contributed by atoms with Gasteiger partial charge in [-0.25, -0.2) is 0 Å². The maximum Gasteiger partial charge on any atom is 0.0623 e. The minimum atomic E-state index is 0. The van der Waals surface area contributed by atoms with Gasteiger partial charge in [-0.2, -0.15) is 0 Å². The summed E-state index contributed by atoms with van der Waals surface area (Å²) < 4.78 is 5.64. The monoisotopic (exact) mass is 324 g/mol. The van der Waals surface area contributed by atoms with Crippen molar-refractivity contribution in [2.24, 2.45) is 5.92 Å². The summed E-state index contributed by atoms with van der Waals surface area (Å²) in [6.45, 7) is 6.02. The first-order chi connectivity index (χ1) is 10.3. The van der Waals surface area contributed by atoms with Crippen molar-refractivity contribution in [2.75, 3.05) is 26.3 Å². The van der Waals surface area contributed by atoms with E-state index in [1.54, 1.807) is 0 Å². The first-order valence-electron chi connectivity index (χ1n) is 8.43. The van der Waals surface area contributed by atoms with Crippen LogP contribution < -0.4 is 10.6 Å². The van der Waals surface area contributed by atoms with Gasteiger partial charge in [0.05, 0.1) is 13.2 Å². The summed E-state index contributed by atoms with van der Waals surface area (Å²) in [7, 11) is 0. The highest BCUT2D eigenvalue weighted by atomic mass is 35.5. The number of halogens is 1. The van der Waals surface area contributed by atoms with Crippen LogP contribution in [0.1, 0.15) is 30.4 Å². The van der Waals surface area contributed by atoms with Crippen molar-refractivity contribution in [3.05, 3.63) is 35.4 Å². The van der Waals surface area contributed by atoms with E-state index in [1.807, 2.05) is 0 Å². The van der Waals surface area contributed by atoms with Gasteiger partial charge in [-0.15, -0.1) is 12.4 Å². The molecule has 2 fully saturated rings. The third kappa shape index (κ3) is 4.69. The molecule has 3 rings (SSSR count). The zero-order valence-electron chi connectivity index (χ0n) is 13.5. The van der Waals surface area contributed by atoms with Crippen molar-refractivity contribution in [3.63, 3.8) is 0 Å². The second kappa shape index (κ2) is 8.88. The van der Waals surface area contributed by atoms with Crippen molar-refractivity contribution < 1.29 is 4.74 Å². The molecule has 124 valence electrons. The highest BCUT2D eigenvalue weighted by Gasteiger charge is 2.34. The van der Waals surface area contributed by atoms with E-state index >= 15 is 0 Å². The highest BCUT2D eigenvalue weighted by molar-refractivity contribution is 5.85. The molecule has 3 atom stereocenters. The Kier molecular flexibility index (Phi) is 7.16. The van der Waals surface area contributed by atoms with Crippen LogP contribution in [0, 0.1) is 12.8 Å². The average Bonchev–Trinajstić information content (AvgIpc) is 2.97. The Morgan fingerprint density at radius 2 is 2.23 bits per heavy atom. The predicted molar refractivity (Wildman–Crippen MR) is 93.9 cm³/mol. The summed E-state index contributed by atoms with van der Waals surface area (Å²) in [5.74, 6) is 0.739. The van der Waals surface area contributed by atoms with Gasteiger partial charge >= 0.3 is 0 Å². The molecule has 22 heavy (non-hydrogen) atoms. The molecule has 1 aliphatic heterocycles. The number of morpholine rings is 1. The average molecular weight is 325 g/mol. The fraction of sp³-hybridized carbons (Fsp3) is 0.667. The lowest BCUT2D eigenvalue weighted by molar-refractivity contribution is 0.0526. The van der Waals surface area contributed by atoms with Crippen LogP contribution in [0.3, 0.4) is 0 Å². The van der Waals surface area contributed by atoms with Crippen LogP contribution in [0.2, 0.25) is 0 Å². The molecule has 1 saturated heterocycles. The lowest BCUT2D eigenvalue weighted by atomic mass is 9.94. The van der Waals surface area contributed by atoms with Crippen LogP contribution in [0.5, 0.6) is 0 Å². The van der Waals surface area contributed by atoms with Crippen LogP contribution in [0.15, 0.2) is 24.3 Å². The quantitative estimate of drug-likeness (QED) is 0.873. The molecule has 0 bridgehead atoms. The summed E-state index contributed by atoms with van der Waals surface area (Å²) in [5.41, 5.74) is 2.80. The maximum atomic E-state index is 5.64. The Bertz CT molecular complexity index is 448. The van der Waals surface area contributed by atoms with Gasteiger partial charge in [0.15, 0.2) is 0 Å². The summed E-state index contributed by atoms with van der Waals surface area (Å²) in [6.07, 6.45) is 5.13. The first kappa shape index (κ1) is 17.7. The first-order valence-corrected chi connectivity index (χ1v) is 8.43. The molecule has 1 aromatic carbocycles. The minimum absolute atomic E-state index is 0. The molecule has 2 aliphatic rings. The molecule has 4 heteroatoms. The van der Waals surface area contributed by atoms with Gasteiger partial charge in [0.1, 0.15) is 0 Å². The normalized spacial score (nSPS) is 28.3. The third-order valence-electron chi connectivity index (χ3n) is 4.94. The van der Waals surface area contributed by atoms with Gasteiger partial charge in [-0.05, 0) is 44.2 Å². The van der Waals surface area contributed by atoms with Gasteiger partial charge in [0, 0.05) is 18.6 Å². The molecule has 1 aromatic rings. The van der Waals surface area contributed by atoms with Crippen LogP contribution in [-0.2, 0) is 11.2 Å². The number of aryl methyl sites for hydroxylation is 1. The molecule has 2 N–H and O–H groups in total. The fourth-order valence-electron chi connectivity index (χ4n) is 3.85. The summed E-state index contributed by atoms with van der Waals surface area (Å²) in [4.78, 5) is 0. The smallest absolute Gasteiger partial charge is 0.0623 e. The number of nitrogens with one attached hydrogen (secondary N) is 2. The van der Waals surface area contributed by atoms with E-state index < -0.39 is 0 Å². The predicted octanol–water partition coefficient (Wildman–Crippen LogP) is 2.71. The molecule has 1 heterocycles. The molecule has 1 aliphatic carbocycles. The largest absolute Gasteiger partial charge is 0.379 e. The van der Waals surface area contributed by atoms with Gasteiger partial charge < -0.3 is 15.4 Å². The Labute approximate surface area is 140 Å². The summed E-state index contributed by atoms with van der Waals surface area (Å²) in [6, 6.07) is 10.1. The Morgan fingerprint density at radius 3 is 3.00 bits per heavy atom. The SMILES string of the molecule is Cc1cccc(CCNC2CCCC2C2COCCN2)c1.Cl. The number of rotatable bonds is 5. The summed E-state index contributed by atoms with van der Waals surface area (Å²) in [5, 5.41) is 7.44. The molecule has 0 aromatic heterocycles. The standard InChI is InChI=1S/C18H28N2O.ClH/c1-14-4-2-5-15(12-14)8-9-19-17-7-3-6-16(17)18-13-21-11-10-20-18;/h2,4-5,12,16-20H,3,6-11,13H2,1H3;1H. The number of benzene rings is 1. The third-order valence-corrected chi connectivity index (χ3v) is 4.94. The van der Waals surface area contributed by atoms with E-state index in [4.69, 9.17) is 4.74 Å². The molecule has 3 nitrogen and oxygen atoms in total. The fourth-order valence-corrected chi connectivity index (χ4v) is 3.85. The molecule has 0 amide bonds. The van der Waals surface area contributed by atoms with Crippen LogP contribution in [0.25, 0.3) is 0 Å². The highest BCUT2D eigenvalue weighted by Crippen LogP contribution is 2.29. The molecular weight excluding hydrogens is 296 g/mol. The van der Waals surface area contributed by atoms with E-state index in [-0.39, 0.29) is 12.4 Å². The maximum absolute atomic E-state index is 5.64. The van der Waals surface area contributed by atoms with Gasteiger partial charge in [0.2, 0.25) is 0 Å². The number of ether oxygens (including phenoxy) is 1. The van der Waals surface area contributed by atoms with Crippen LogP contribution in [-0.4, -0.2) is 38.4 Å². The van der Waals surface area contributed by atoms with Crippen molar-refractivity contribution in [1.82, 2.24) is 10.6 Å². The Morgan fingerprint density at radius 1 is 1.32 bits per heavy atom. The van der Waals surface area contributed by atoms with E-state index in [1.165, 1.54) is 30.4 Å². The lowest BCUT2D eigenvalue weighted by Crippen LogP contribution is -2.51. The molecule has 0 spiro atoms. The molecule has 1 saturated carbocycles. The molecule has 0 radical (unpaired) electrons. The second-order valence-corrected chi connectivity index (χ2v) is 6.53. The van der Waals surface area contributed by atoms with E-state index in [9.17, 15) is 0 Å². The van der Waals surface area contributed by atoms with Crippen LogP contribution >= 0.6 is 12.4 Å². The second-order valence-electron chi connectivity index (χ2n) is 6.53. The molecule has 3 unspecified atom stereocenters. The number of hydrogen-bond donors (Lipinski definition) is 2. The van der Waals surface area contributed by atoms with E-state index in [2.05, 4.69) is 41.8 Å². The lowest BCUT2D eigenvalue weighted by Gasteiger charge is -2.33. The van der Waals surface area contributed by atoms with E-state index in [0.717, 1.165) is 38.6 Å². The van der Waals surface area contributed by atoms with Crippen molar-refractivity contribution in [2.45, 2.75) is 44.7 Å². The van der Waals surface area contributed by atoms with Crippen molar-refractivity contribution >= 4 is 12.4 Å². The number of hydrogen-bond acceptors (Lipinski definition) is 3. The van der Waals surface area contributed by atoms with Crippen molar-refractivity contribution in [3.8, 4) is 0 Å². The van der Waals surface area contributed by atoms with Crippen molar-refractivity contribution in [1.29, 1.82) is 0 Å². The zero-order valence-corrected chi connectivity index (χ0v) is 14.3. The van der Waals surface area contributed by atoms with Gasteiger partial charge in [0.25, 0.3) is 0 Å². The van der Waals surface area contributed by atoms with Gasteiger partial charge in [-0.3, -0.25) is 0 Å². The van der Waals surface area contributed by atoms with E-state index in [0.29, 0.717) is 12.1 Å². The van der Waals surface area contributed by atoms with Crippen LogP contribution in [0.4, 0.5) is 0 Å². The minimum Gasteiger partial charge on any atom is -0.379 e. The zero-order chi connectivity index (χ0) is 14.5. The topological polar surface area (TPSA) is 33.3 Å². The Hall–Kier alpha value is -0.610. The summed E-state index contributed by atoms with van der Waals surface area (Å²) >= 11 is 0. The Balaban J connectivity index is 0.00000176. The molecular formula is C18H29ClN2O. The van der Waals surface area contributed by atoms with Gasteiger partial charge in [-0.1, -0.05) is 36.2 Å².